The zero-order chi connectivity index (χ0) is 9.90. The molecule has 13 heavy (non-hydrogen) atoms. The molecule has 0 fully saturated rings. The fourth-order valence-corrected chi connectivity index (χ4v) is 2.41. The third-order valence-electron chi connectivity index (χ3n) is 2.37. The fraction of sp³-hybridized carbons (Fsp3) is 0.545. The molecule has 1 aromatic heterocycles. The van der Waals surface area contributed by atoms with Crippen molar-refractivity contribution in [2.24, 2.45) is 0 Å². The van der Waals surface area contributed by atoms with Crippen LogP contribution in [0.3, 0.4) is 0 Å². The maximum absolute atomic E-state index is 8.71. The molecule has 0 aromatic carbocycles. The number of thiophene rings is 1. The molecule has 0 unspecified atom stereocenters. The van der Waals surface area contributed by atoms with E-state index in [0.29, 0.717) is 0 Å². The first-order chi connectivity index (χ1) is 6.10. The van der Waals surface area contributed by atoms with Crippen molar-refractivity contribution in [1.82, 2.24) is 0 Å². The highest BCUT2D eigenvalue weighted by atomic mass is 32.1. The summed E-state index contributed by atoms with van der Waals surface area (Å²) in [6, 6.07) is 4.19. The molecular formula is C11H15NS. The minimum absolute atomic E-state index is 0.223. The van der Waals surface area contributed by atoms with Crippen LogP contribution in [0.5, 0.6) is 0 Å². The van der Waals surface area contributed by atoms with Crippen LogP contribution in [0.2, 0.25) is 0 Å². The van der Waals surface area contributed by atoms with Gasteiger partial charge in [0.15, 0.2) is 0 Å². The highest BCUT2D eigenvalue weighted by Crippen LogP contribution is 2.31. The highest BCUT2D eigenvalue weighted by molar-refractivity contribution is 7.10. The Morgan fingerprint density at radius 3 is 2.69 bits per heavy atom. The van der Waals surface area contributed by atoms with E-state index >= 15 is 0 Å². The van der Waals surface area contributed by atoms with Gasteiger partial charge in [0.1, 0.15) is 10.9 Å². The molecular weight excluding hydrogens is 178 g/mol. The molecule has 1 heterocycles. The van der Waals surface area contributed by atoms with Crippen molar-refractivity contribution in [3.8, 4) is 6.07 Å². The largest absolute Gasteiger partial charge is 0.192 e. The standard InChI is InChI=1S/C11H15NS/c1-4-5-11(2,3)9-6-10(7-12)13-8-9/h6,8H,4-5H2,1-3H3. The van der Waals surface area contributed by atoms with Crippen molar-refractivity contribution in [3.63, 3.8) is 0 Å². The normalized spacial score (nSPS) is 11.2. The average Bonchev–Trinajstić information content (AvgIpc) is 2.52. The van der Waals surface area contributed by atoms with E-state index in [-0.39, 0.29) is 5.41 Å². The van der Waals surface area contributed by atoms with Gasteiger partial charge in [-0.05, 0) is 28.8 Å². The van der Waals surface area contributed by atoms with E-state index < -0.39 is 0 Å². The molecule has 1 aromatic rings. The van der Waals surface area contributed by atoms with Gasteiger partial charge in [0.05, 0.1) is 0 Å². The van der Waals surface area contributed by atoms with Crippen LogP contribution < -0.4 is 0 Å². The lowest BCUT2D eigenvalue weighted by Crippen LogP contribution is -2.15. The zero-order valence-corrected chi connectivity index (χ0v) is 9.24. The monoisotopic (exact) mass is 193 g/mol. The predicted octanol–water partition coefficient (Wildman–Crippen LogP) is 3.70. The van der Waals surface area contributed by atoms with E-state index in [2.05, 4.69) is 32.2 Å². The van der Waals surface area contributed by atoms with E-state index in [1.54, 1.807) is 11.3 Å². The molecule has 0 amide bonds. The van der Waals surface area contributed by atoms with Crippen LogP contribution >= 0.6 is 11.3 Å². The molecule has 0 spiro atoms. The van der Waals surface area contributed by atoms with E-state index in [4.69, 9.17) is 5.26 Å². The molecule has 2 heteroatoms. The van der Waals surface area contributed by atoms with Crippen LogP contribution in [-0.4, -0.2) is 0 Å². The molecule has 70 valence electrons. The van der Waals surface area contributed by atoms with Crippen LogP contribution in [0.4, 0.5) is 0 Å². The molecule has 0 aliphatic rings. The maximum Gasteiger partial charge on any atom is 0.110 e. The van der Waals surface area contributed by atoms with Crippen LogP contribution in [0.1, 0.15) is 44.1 Å². The molecule has 0 saturated heterocycles. The lowest BCUT2D eigenvalue weighted by molar-refractivity contribution is 0.474. The Kier molecular flexibility index (Phi) is 3.11. The number of hydrogen-bond donors (Lipinski definition) is 0. The van der Waals surface area contributed by atoms with Crippen molar-refractivity contribution in [1.29, 1.82) is 5.26 Å². The quantitative estimate of drug-likeness (QED) is 0.718. The Morgan fingerprint density at radius 1 is 1.54 bits per heavy atom. The van der Waals surface area contributed by atoms with Crippen molar-refractivity contribution in [2.75, 3.05) is 0 Å². The van der Waals surface area contributed by atoms with Crippen LogP contribution in [0.15, 0.2) is 11.4 Å². The molecule has 0 aliphatic heterocycles. The molecule has 0 bridgehead atoms. The van der Waals surface area contributed by atoms with Gasteiger partial charge in [0, 0.05) is 0 Å². The van der Waals surface area contributed by atoms with Crippen LogP contribution in [-0.2, 0) is 5.41 Å². The van der Waals surface area contributed by atoms with Gasteiger partial charge in [-0.25, -0.2) is 0 Å². The molecule has 0 radical (unpaired) electrons. The Balaban J connectivity index is 2.88. The van der Waals surface area contributed by atoms with Gasteiger partial charge in [-0.3, -0.25) is 0 Å². The predicted molar refractivity (Wildman–Crippen MR) is 57.0 cm³/mol. The number of nitrogens with zero attached hydrogens (tertiary/aromatic N) is 1. The lowest BCUT2D eigenvalue weighted by Gasteiger charge is -2.22. The van der Waals surface area contributed by atoms with Crippen molar-refractivity contribution < 1.29 is 0 Å². The third kappa shape index (κ3) is 2.32. The van der Waals surface area contributed by atoms with Gasteiger partial charge in [-0.2, -0.15) is 5.26 Å². The number of nitriles is 1. The smallest absolute Gasteiger partial charge is 0.110 e. The summed E-state index contributed by atoms with van der Waals surface area (Å²) in [5.74, 6) is 0. The van der Waals surface area contributed by atoms with Crippen LogP contribution in [0, 0.1) is 11.3 Å². The van der Waals surface area contributed by atoms with Gasteiger partial charge in [0.2, 0.25) is 0 Å². The fourth-order valence-electron chi connectivity index (χ4n) is 1.52. The Hall–Kier alpha value is -0.810. The number of hydrogen-bond acceptors (Lipinski definition) is 2. The first-order valence-electron chi connectivity index (χ1n) is 4.59. The Labute approximate surface area is 84.0 Å². The molecule has 0 aliphatic carbocycles. The molecule has 0 atom stereocenters. The van der Waals surface area contributed by atoms with E-state index in [9.17, 15) is 0 Å². The van der Waals surface area contributed by atoms with E-state index in [1.165, 1.54) is 18.4 Å². The van der Waals surface area contributed by atoms with Crippen molar-refractivity contribution in [2.45, 2.75) is 39.0 Å². The summed E-state index contributed by atoms with van der Waals surface area (Å²) in [6.07, 6.45) is 2.36. The first kappa shape index (κ1) is 10.3. The van der Waals surface area contributed by atoms with Crippen LogP contribution in [0.25, 0.3) is 0 Å². The molecule has 0 saturated carbocycles. The summed E-state index contributed by atoms with van der Waals surface area (Å²) < 4.78 is 0. The lowest BCUT2D eigenvalue weighted by atomic mass is 9.82. The molecule has 1 rings (SSSR count). The first-order valence-corrected chi connectivity index (χ1v) is 5.47. The van der Waals surface area contributed by atoms with E-state index in [0.717, 1.165) is 4.88 Å². The minimum Gasteiger partial charge on any atom is -0.192 e. The zero-order valence-electron chi connectivity index (χ0n) is 8.42. The van der Waals surface area contributed by atoms with Gasteiger partial charge < -0.3 is 0 Å². The van der Waals surface area contributed by atoms with E-state index in [1.807, 2.05) is 6.07 Å². The highest BCUT2D eigenvalue weighted by Gasteiger charge is 2.20. The minimum atomic E-state index is 0.223. The summed E-state index contributed by atoms with van der Waals surface area (Å²) in [6.45, 7) is 6.67. The van der Waals surface area contributed by atoms with Gasteiger partial charge in [0.25, 0.3) is 0 Å². The topological polar surface area (TPSA) is 23.8 Å². The summed E-state index contributed by atoms with van der Waals surface area (Å²) in [4.78, 5) is 0.819. The van der Waals surface area contributed by atoms with Crippen molar-refractivity contribution in [3.05, 3.63) is 21.9 Å². The summed E-state index contributed by atoms with van der Waals surface area (Å²) in [5.41, 5.74) is 1.52. The molecule has 1 nitrogen and oxygen atoms in total. The maximum atomic E-state index is 8.71. The SMILES string of the molecule is CCCC(C)(C)c1csc(C#N)c1. The van der Waals surface area contributed by atoms with Gasteiger partial charge in [-0.15, -0.1) is 11.3 Å². The summed E-state index contributed by atoms with van der Waals surface area (Å²) >= 11 is 1.54. The Bertz CT molecular complexity index is 317. The molecule has 0 N–H and O–H groups in total. The third-order valence-corrected chi connectivity index (χ3v) is 3.20. The Morgan fingerprint density at radius 2 is 2.23 bits per heavy atom. The summed E-state index contributed by atoms with van der Waals surface area (Å²) in [7, 11) is 0. The van der Waals surface area contributed by atoms with Gasteiger partial charge >= 0.3 is 0 Å². The second-order valence-electron chi connectivity index (χ2n) is 3.95. The second-order valence-corrected chi connectivity index (χ2v) is 4.86. The second kappa shape index (κ2) is 3.93. The number of rotatable bonds is 3. The summed E-state index contributed by atoms with van der Waals surface area (Å²) in [5, 5.41) is 10.8. The average molecular weight is 193 g/mol. The van der Waals surface area contributed by atoms with Gasteiger partial charge in [-0.1, -0.05) is 27.2 Å². The van der Waals surface area contributed by atoms with Crippen molar-refractivity contribution >= 4 is 11.3 Å².